The lowest BCUT2D eigenvalue weighted by Gasteiger charge is -2.40. The lowest BCUT2D eigenvalue weighted by Crippen LogP contribution is -2.55. The third-order valence-corrected chi connectivity index (χ3v) is 3.64. The number of piperazine rings is 1. The molecule has 0 radical (unpaired) electrons. The number of hydrogen-bond acceptors (Lipinski definition) is 5. The van der Waals surface area contributed by atoms with E-state index in [1.54, 1.807) is 12.1 Å². The van der Waals surface area contributed by atoms with Crippen LogP contribution < -0.4 is 10.6 Å². The zero-order chi connectivity index (χ0) is 14.0. The number of nitro benzene ring substituents is 1. The van der Waals surface area contributed by atoms with Crippen LogP contribution in [0.25, 0.3) is 0 Å². The monoisotopic (exact) mass is 284 g/mol. The summed E-state index contributed by atoms with van der Waals surface area (Å²) in [7, 11) is 2.02. The van der Waals surface area contributed by atoms with Crippen molar-refractivity contribution in [2.75, 3.05) is 38.1 Å². The Morgan fingerprint density at radius 1 is 1.53 bits per heavy atom. The molecule has 19 heavy (non-hydrogen) atoms. The number of anilines is 1. The number of benzene rings is 1. The molecule has 1 heterocycles. The van der Waals surface area contributed by atoms with E-state index in [1.807, 2.05) is 11.9 Å². The van der Waals surface area contributed by atoms with E-state index in [2.05, 4.69) is 4.90 Å². The van der Waals surface area contributed by atoms with Gasteiger partial charge in [0.2, 0.25) is 0 Å². The summed E-state index contributed by atoms with van der Waals surface area (Å²) in [5, 5.41) is 11.5. The van der Waals surface area contributed by atoms with Crippen LogP contribution in [0.15, 0.2) is 18.2 Å². The van der Waals surface area contributed by atoms with Crippen molar-refractivity contribution in [1.29, 1.82) is 0 Å². The Balaban J connectivity index is 2.37. The van der Waals surface area contributed by atoms with Gasteiger partial charge in [0.15, 0.2) is 0 Å². The fourth-order valence-corrected chi connectivity index (χ4v) is 2.58. The van der Waals surface area contributed by atoms with Gasteiger partial charge < -0.3 is 15.5 Å². The SMILES string of the molecule is CN1CCN(c2ccc(Cl)cc2[N+](=O)[O-])C(CN)C1. The summed E-state index contributed by atoms with van der Waals surface area (Å²) in [6, 6.07) is 4.85. The van der Waals surface area contributed by atoms with Crippen molar-refractivity contribution in [3.05, 3.63) is 33.3 Å². The first kappa shape index (κ1) is 14.0. The molecule has 1 atom stereocenters. The van der Waals surface area contributed by atoms with E-state index in [-0.39, 0.29) is 11.7 Å². The van der Waals surface area contributed by atoms with Crippen molar-refractivity contribution < 1.29 is 4.92 Å². The number of nitro groups is 1. The van der Waals surface area contributed by atoms with E-state index in [4.69, 9.17) is 17.3 Å². The molecule has 2 rings (SSSR count). The maximum Gasteiger partial charge on any atom is 0.294 e. The van der Waals surface area contributed by atoms with E-state index in [1.165, 1.54) is 6.07 Å². The van der Waals surface area contributed by atoms with E-state index in [0.29, 0.717) is 17.3 Å². The van der Waals surface area contributed by atoms with Crippen molar-refractivity contribution in [2.24, 2.45) is 5.73 Å². The van der Waals surface area contributed by atoms with Crippen molar-refractivity contribution in [3.8, 4) is 0 Å². The molecule has 6 nitrogen and oxygen atoms in total. The Bertz CT molecular complexity index is 483. The molecule has 0 bridgehead atoms. The fourth-order valence-electron chi connectivity index (χ4n) is 2.42. The molecule has 2 N–H and O–H groups in total. The number of rotatable bonds is 3. The second kappa shape index (κ2) is 5.73. The lowest BCUT2D eigenvalue weighted by molar-refractivity contribution is -0.384. The third kappa shape index (κ3) is 2.97. The lowest BCUT2D eigenvalue weighted by atomic mass is 10.1. The standard InChI is InChI=1S/C12H17ClN4O2/c1-15-4-5-16(10(7-14)8-15)11-3-2-9(13)6-12(11)17(18)19/h2-3,6,10H,4-5,7-8,14H2,1H3. The van der Waals surface area contributed by atoms with E-state index < -0.39 is 4.92 Å². The summed E-state index contributed by atoms with van der Waals surface area (Å²) in [5.41, 5.74) is 6.42. The normalized spacial score (nSPS) is 20.6. The second-order valence-corrected chi connectivity index (χ2v) is 5.17. The van der Waals surface area contributed by atoms with Gasteiger partial charge in [-0.15, -0.1) is 0 Å². The zero-order valence-electron chi connectivity index (χ0n) is 10.8. The molecule has 1 aromatic rings. The molecule has 0 aromatic heterocycles. The van der Waals surface area contributed by atoms with Gasteiger partial charge in [-0.05, 0) is 19.2 Å². The van der Waals surface area contributed by atoms with Crippen molar-refractivity contribution in [3.63, 3.8) is 0 Å². The number of halogens is 1. The van der Waals surface area contributed by atoms with Crippen LogP contribution in [-0.4, -0.2) is 49.1 Å². The minimum atomic E-state index is -0.396. The zero-order valence-corrected chi connectivity index (χ0v) is 11.5. The van der Waals surface area contributed by atoms with Gasteiger partial charge in [0, 0.05) is 37.3 Å². The average Bonchev–Trinajstić information content (AvgIpc) is 2.38. The smallest absolute Gasteiger partial charge is 0.294 e. The second-order valence-electron chi connectivity index (χ2n) is 4.74. The van der Waals surface area contributed by atoms with Crippen LogP contribution in [0.3, 0.4) is 0 Å². The summed E-state index contributed by atoms with van der Waals surface area (Å²) in [5.74, 6) is 0. The summed E-state index contributed by atoms with van der Waals surface area (Å²) >= 11 is 5.84. The molecular formula is C12H17ClN4O2. The van der Waals surface area contributed by atoms with E-state index in [9.17, 15) is 10.1 Å². The van der Waals surface area contributed by atoms with Crippen LogP contribution in [0.2, 0.25) is 5.02 Å². The molecule has 0 amide bonds. The largest absolute Gasteiger partial charge is 0.359 e. The quantitative estimate of drug-likeness (QED) is 0.669. The van der Waals surface area contributed by atoms with Crippen molar-refractivity contribution >= 4 is 23.0 Å². The first-order valence-electron chi connectivity index (χ1n) is 6.12. The highest BCUT2D eigenvalue weighted by Crippen LogP contribution is 2.32. The molecule has 1 unspecified atom stereocenters. The van der Waals surface area contributed by atoms with Gasteiger partial charge in [0.1, 0.15) is 5.69 Å². The number of likely N-dealkylation sites (N-methyl/N-ethyl adjacent to an activating group) is 1. The summed E-state index contributed by atoms with van der Waals surface area (Å²) in [6.45, 7) is 2.84. The number of nitrogens with two attached hydrogens (primary N) is 1. The minimum Gasteiger partial charge on any atom is -0.359 e. The molecule has 1 aliphatic heterocycles. The molecule has 1 fully saturated rings. The first-order chi connectivity index (χ1) is 9.02. The van der Waals surface area contributed by atoms with Gasteiger partial charge in [-0.1, -0.05) is 11.6 Å². The Morgan fingerprint density at radius 3 is 2.89 bits per heavy atom. The maximum atomic E-state index is 11.2. The molecule has 1 aliphatic rings. The summed E-state index contributed by atoms with van der Waals surface area (Å²) in [6.07, 6.45) is 0. The summed E-state index contributed by atoms with van der Waals surface area (Å²) < 4.78 is 0. The van der Waals surface area contributed by atoms with Gasteiger partial charge in [0.25, 0.3) is 5.69 Å². The first-order valence-corrected chi connectivity index (χ1v) is 6.50. The van der Waals surface area contributed by atoms with Crippen LogP contribution in [0.1, 0.15) is 0 Å². The molecule has 7 heteroatoms. The number of hydrogen-bond donors (Lipinski definition) is 1. The highest BCUT2D eigenvalue weighted by atomic mass is 35.5. The van der Waals surface area contributed by atoms with Crippen LogP contribution in [0, 0.1) is 10.1 Å². The molecule has 0 aliphatic carbocycles. The van der Waals surface area contributed by atoms with Gasteiger partial charge in [-0.3, -0.25) is 10.1 Å². The topological polar surface area (TPSA) is 75.6 Å². The van der Waals surface area contributed by atoms with Gasteiger partial charge in [-0.2, -0.15) is 0 Å². The van der Waals surface area contributed by atoms with Crippen LogP contribution in [0.4, 0.5) is 11.4 Å². The van der Waals surface area contributed by atoms with Crippen LogP contribution >= 0.6 is 11.6 Å². The van der Waals surface area contributed by atoms with Gasteiger partial charge in [-0.25, -0.2) is 0 Å². The molecule has 1 aromatic carbocycles. The van der Waals surface area contributed by atoms with E-state index in [0.717, 1.165) is 19.6 Å². The molecular weight excluding hydrogens is 268 g/mol. The Kier molecular flexibility index (Phi) is 4.24. The Morgan fingerprint density at radius 2 is 2.26 bits per heavy atom. The Hall–Kier alpha value is -1.37. The molecule has 104 valence electrons. The third-order valence-electron chi connectivity index (χ3n) is 3.40. The fraction of sp³-hybridized carbons (Fsp3) is 0.500. The van der Waals surface area contributed by atoms with Crippen LogP contribution in [-0.2, 0) is 0 Å². The molecule has 0 spiro atoms. The minimum absolute atomic E-state index is 0.0375. The highest BCUT2D eigenvalue weighted by molar-refractivity contribution is 6.30. The van der Waals surface area contributed by atoms with E-state index >= 15 is 0 Å². The van der Waals surface area contributed by atoms with Crippen LogP contribution in [0.5, 0.6) is 0 Å². The van der Waals surface area contributed by atoms with Crippen molar-refractivity contribution in [2.45, 2.75) is 6.04 Å². The van der Waals surface area contributed by atoms with Gasteiger partial charge >= 0.3 is 0 Å². The maximum absolute atomic E-state index is 11.2. The predicted octanol–water partition coefficient (Wildman–Crippen LogP) is 1.33. The predicted molar refractivity (Wildman–Crippen MR) is 75.8 cm³/mol. The van der Waals surface area contributed by atoms with Crippen molar-refractivity contribution in [1.82, 2.24) is 4.90 Å². The highest BCUT2D eigenvalue weighted by Gasteiger charge is 2.29. The summed E-state index contributed by atoms with van der Waals surface area (Å²) in [4.78, 5) is 14.9. The molecule has 1 saturated heterocycles. The number of nitrogens with zero attached hydrogens (tertiary/aromatic N) is 3. The molecule has 0 saturated carbocycles. The average molecular weight is 285 g/mol. The Labute approximate surface area is 116 Å². The van der Waals surface area contributed by atoms with Gasteiger partial charge in [0.05, 0.1) is 11.0 Å².